The molecule has 3 heteroatoms. The second-order valence-corrected chi connectivity index (χ2v) is 8.21. The van der Waals surface area contributed by atoms with E-state index in [4.69, 9.17) is 0 Å². The Labute approximate surface area is 163 Å². The van der Waals surface area contributed by atoms with Crippen molar-refractivity contribution in [2.45, 2.75) is 53.5 Å². The smallest absolute Gasteiger partial charge is 0.252 e. The molecule has 0 radical (unpaired) electrons. The minimum absolute atomic E-state index is 0.00260. The summed E-state index contributed by atoms with van der Waals surface area (Å²) >= 11 is 0. The number of hydrogen-bond acceptors (Lipinski definition) is 2. The van der Waals surface area contributed by atoms with Gasteiger partial charge in [0.15, 0.2) is 0 Å². The number of aryl methyl sites for hydroxylation is 3. The van der Waals surface area contributed by atoms with E-state index in [0.29, 0.717) is 0 Å². The van der Waals surface area contributed by atoms with Gasteiger partial charge in [0.05, 0.1) is 6.04 Å². The summed E-state index contributed by atoms with van der Waals surface area (Å²) in [4.78, 5) is 15.2. The first-order valence-electron chi connectivity index (χ1n) is 10.1. The van der Waals surface area contributed by atoms with Gasteiger partial charge in [-0.05, 0) is 86.9 Å². The summed E-state index contributed by atoms with van der Waals surface area (Å²) in [6, 6.07) is 12.7. The fourth-order valence-corrected chi connectivity index (χ4v) is 3.80. The molecule has 0 aliphatic carbocycles. The molecule has 1 amide bonds. The summed E-state index contributed by atoms with van der Waals surface area (Å²) in [5, 5.41) is 3.15. The number of nitrogens with zero attached hydrogens (tertiary/aromatic N) is 1. The highest BCUT2D eigenvalue weighted by molar-refractivity contribution is 5.96. The van der Waals surface area contributed by atoms with E-state index in [1.807, 2.05) is 19.9 Å². The first kappa shape index (κ1) is 19.5. The molecule has 0 saturated carbocycles. The summed E-state index contributed by atoms with van der Waals surface area (Å²) in [6.07, 6.45) is 2.53. The Hall–Kier alpha value is -2.29. The molecule has 3 nitrogen and oxygen atoms in total. The van der Waals surface area contributed by atoms with Crippen LogP contribution in [0.5, 0.6) is 0 Å². The Morgan fingerprint density at radius 2 is 1.59 bits per heavy atom. The Morgan fingerprint density at radius 1 is 1.00 bits per heavy atom. The average molecular weight is 365 g/mol. The van der Waals surface area contributed by atoms with Crippen molar-refractivity contribution in [3.63, 3.8) is 0 Å². The molecule has 0 bridgehead atoms. The first-order chi connectivity index (χ1) is 12.8. The minimum Gasteiger partial charge on any atom is -0.372 e. The lowest BCUT2D eigenvalue weighted by molar-refractivity contribution is 0.0939. The molecule has 1 fully saturated rings. The number of nitrogens with one attached hydrogen (secondary N) is 1. The van der Waals surface area contributed by atoms with Gasteiger partial charge in [0.1, 0.15) is 0 Å². The molecule has 3 rings (SSSR count). The van der Waals surface area contributed by atoms with Crippen LogP contribution in [-0.2, 0) is 0 Å². The van der Waals surface area contributed by atoms with Crippen molar-refractivity contribution < 1.29 is 4.79 Å². The molecule has 1 N–H and O–H groups in total. The van der Waals surface area contributed by atoms with Crippen LogP contribution in [0, 0.1) is 26.7 Å². The van der Waals surface area contributed by atoms with Gasteiger partial charge in [-0.25, -0.2) is 0 Å². The van der Waals surface area contributed by atoms with Crippen LogP contribution in [0.2, 0.25) is 0 Å². The SMILES string of the molecule is Cc1cc(C)c(C(=O)N[C@@H](C)c2ccc(N3CCC(C)CC3)cc2)cc1C. The Morgan fingerprint density at radius 3 is 2.22 bits per heavy atom. The van der Waals surface area contributed by atoms with Gasteiger partial charge in [-0.1, -0.05) is 25.1 Å². The average Bonchev–Trinajstić information content (AvgIpc) is 2.65. The molecular formula is C24H32N2O. The van der Waals surface area contributed by atoms with E-state index in [2.05, 4.69) is 61.3 Å². The third-order valence-corrected chi connectivity index (χ3v) is 5.97. The lowest BCUT2D eigenvalue weighted by Crippen LogP contribution is -2.32. The standard InChI is InChI=1S/C24H32N2O/c1-16-10-12-26(13-11-16)22-8-6-21(7-9-22)20(5)25-24(27)23-15-18(3)17(2)14-19(23)4/h6-9,14-16,20H,10-13H2,1-5H3,(H,25,27)/t20-/m0/s1. The third-order valence-electron chi connectivity index (χ3n) is 5.97. The van der Waals surface area contributed by atoms with Crippen LogP contribution in [0.3, 0.4) is 0 Å². The van der Waals surface area contributed by atoms with E-state index in [9.17, 15) is 4.79 Å². The molecule has 0 spiro atoms. The zero-order valence-electron chi connectivity index (χ0n) is 17.3. The van der Waals surface area contributed by atoms with Crippen LogP contribution in [0.4, 0.5) is 5.69 Å². The predicted octanol–water partition coefficient (Wildman–Crippen LogP) is 5.34. The summed E-state index contributed by atoms with van der Waals surface area (Å²) < 4.78 is 0. The summed E-state index contributed by atoms with van der Waals surface area (Å²) in [5.41, 5.74) is 6.59. The van der Waals surface area contributed by atoms with Gasteiger partial charge >= 0.3 is 0 Å². The molecule has 1 heterocycles. The zero-order chi connectivity index (χ0) is 19.6. The largest absolute Gasteiger partial charge is 0.372 e. The van der Waals surface area contributed by atoms with Gasteiger partial charge < -0.3 is 10.2 Å². The number of rotatable bonds is 4. The molecule has 144 valence electrons. The lowest BCUT2D eigenvalue weighted by Gasteiger charge is -2.32. The first-order valence-corrected chi connectivity index (χ1v) is 10.1. The molecule has 1 saturated heterocycles. The maximum absolute atomic E-state index is 12.7. The fourth-order valence-electron chi connectivity index (χ4n) is 3.80. The van der Waals surface area contributed by atoms with Gasteiger partial charge in [0, 0.05) is 24.3 Å². The number of carbonyl (C=O) groups excluding carboxylic acids is 1. The number of benzene rings is 2. The molecule has 0 aromatic heterocycles. The van der Waals surface area contributed by atoms with Crippen LogP contribution in [0.1, 0.15) is 65.3 Å². The zero-order valence-corrected chi connectivity index (χ0v) is 17.3. The van der Waals surface area contributed by atoms with Gasteiger partial charge in [-0.3, -0.25) is 4.79 Å². The molecule has 0 unspecified atom stereocenters. The van der Waals surface area contributed by atoms with Crippen LogP contribution < -0.4 is 10.2 Å². The quantitative estimate of drug-likeness (QED) is 0.794. The maximum Gasteiger partial charge on any atom is 0.252 e. The molecule has 1 aliphatic heterocycles. The molecular weight excluding hydrogens is 332 g/mol. The number of amides is 1. The van der Waals surface area contributed by atoms with E-state index in [-0.39, 0.29) is 11.9 Å². The topological polar surface area (TPSA) is 32.3 Å². The van der Waals surface area contributed by atoms with Crippen molar-refractivity contribution in [2.24, 2.45) is 5.92 Å². The predicted molar refractivity (Wildman–Crippen MR) is 114 cm³/mol. The van der Waals surface area contributed by atoms with E-state index in [1.165, 1.54) is 24.1 Å². The van der Waals surface area contributed by atoms with Gasteiger partial charge in [-0.2, -0.15) is 0 Å². The number of piperidine rings is 1. The van der Waals surface area contributed by atoms with E-state index in [1.54, 1.807) is 0 Å². The van der Waals surface area contributed by atoms with Gasteiger partial charge in [0.2, 0.25) is 0 Å². The van der Waals surface area contributed by atoms with Crippen molar-refractivity contribution in [3.05, 3.63) is 64.2 Å². The normalized spacial score (nSPS) is 16.3. The van der Waals surface area contributed by atoms with Gasteiger partial charge in [-0.15, -0.1) is 0 Å². The highest BCUT2D eigenvalue weighted by Gasteiger charge is 2.17. The molecule has 1 atom stereocenters. The number of carbonyl (C=O) groups is 1. The summed E-state index contributed by atoms with van der Waals surface area (Å²) in [6.45, 7) is 12.8. The highest BCUT2D eigenvalue weighted by Crippen LogP contribution is 2.25. The van der Waals surface area contributed by atoms with E-state index < -0.39 is 0 Å². The summed E-state index contributed by atoms with van der Waals surface area (Å²) in [5.74, 6) is 0.835. The van der Waals surface area contributed by atoms with E-state index in [0.717, 1.165) is 41.3 Å². The van der Waals surface area contributed by atoms with Crippen LogP contribution in [0.15, 0.2) is 36.4 Å². The van der Waals surface area contributed by atoms with Gasteiger partial charge in [0.25, 0.3) is 5.91 Å². The maximum atomic E-state index is 12.7. The second-order valence-electron chi connectivity index (χ2n) is 8.21. The Balaban J connectivity index is 1.66. The Bertz CT molecular complexity index is 802. The fraction of sp³-hybridized carbons (Fsp3) is 0.458. The van der Waals surface area contributed by atoms with Crippen molar-refractivity contribution in [1.29, 1.82) is 0 Å². The van der Waals surface area contributed by atoms with Crippen LogP contribution in [0.25, 0.3) is 0 Å². The lowest BCUT2D eigenvalue weighted by atomic mass is 9.98. The van der Waals surface area contributed by atoms with Crippen molar-refractivity contribution in [2.75, 3.05) is 18.0 Å². The number of hydrogen-bond donors (Lipinski definition) is 1. The van der Waals surface area contributed by atoms with E-state index >= 15 is 0 Å². The Kier molecular flexibility index (Phi) is 5.88. The van der Waals surface area contributed by atoms with Crippen LogP contribution in [-0.4, -0.2) is 19.0 Å². The third kappa shape index (κ3) is 4.52. The monoisotopic (exact) mass is 364 g/mol. The summed E-state index contributed by atoms with van der Waals surface area (Å²) in [7, 11) is 0. The van der Waals surface area contributed by atoms with Crippen LogP contribution >= 0.6 is 0 Å². The molecule has 1 aliphatic rings. The van der Waals surface area contributed by atoms with Crippen molar-refractivity contribution in [1.82, 2.24) is 5.32 Å². The van der Waals surface area contributed by atoms with Crippen molar-refractivity contribution >= 4 is 11.6 Å². The molecule has 2 aromatic carbocycles. The van der Waals surface area contributed by atoms with Crippen molar-refractivity contribution in [3.8, 4) is 0 Å². The molecule has 27 heavy (non-hydrogen) atoms. The molecule has 2 aromatic rings. The minimum atomic E-state index is -0.0195. The second kappa shape index (κ2) is 8.16. The number of anilines is 1. The highest BCUT2D eigenvalue weighted by atomic mass is 16.1.